The molecule has 18 heavy (non-hydrogen) atoms. The third-order valence-corrected chi connectivity index (χ3v) is 3.05. The molecular weight excluding hydrogens is 301 g/mol. The van der Waals surface area contributed by atoms with E-state index in [2.05, 4.69) is 21.2 Å². The third-order valence-electron chi connectivity index (χ3n) is 2.36. The van der Waals surface area contributed by atoms with Crippen LogP contribution in [0.3, 0.4) is 0 Å². The van der Waals surface area contributed by atoms with Gasteiger partial charge in [-0.15, -0.1) is 0 Å². The predicted octanol–water partition coefficient (Wildman–Crippen LogP) is 4.03. The van der Waals surface area contributed by atoms with Gasteiger partial charge in [-0.05, 0) is 46.3 Å². The van der Waals surface area contributed by atoms with E-state index in [9.17, 15) is 9.18 Å². The summed E-state index contributed by atoms with van der Waals surface area (Å²) in [5, 5.41) is 12.0. The number of hydrogen-bond donors (Lipinski definition) is 2. The molecule has 0 amide bonds. The van der Waals surface area contributed by atoms with Crippen LogP contribution in [-0.2, 0) is 0 Å². The molecule has 0 aliphatic heterocycles. The third kappa shape index (κ3) is 2.68. The summed E-state index contributed by atoms with van der Waals surface area (Å²) in [4.78, 5) is 11.0. The summed E-state index contributed by atoms with van der Waals surface area (Å²) in [6.45, 7) is 0. The highest BCUT2D eigenvalue weighted by molar-refractivity contribution is 9.10. The first kappa shape index (κ1) is 12.6. The smallest absolute Gasteiger partial charge is 0.337 e. The summed E-state index contributed by atoms with van der Waals surface area (Å²) < 4.78 is 13.8. The van der Waals surface area contributed by atoms with Gasteiger partial charge >= 0.3 is 5.97 Å². The van der Waals surface area contributed by atoms with E-state index in [0.29, 0.717) is 11.4 Å². The minimum absolute atomic E-state index is 0.106. The summed E-state index contributed by atoms with van der Waals surface area (Å²) >= 11 is 3.35. The average molecular weight is 310 g/mol. The Balaban J connectivity index is 2.41. The number of benzene rings is 2. The topological polar surface area (TPSA) is 49.3 Å². The van der Waals surface area contributed by atoms with Gasteiger partial charge in [-0.1, -0.05) is 12.1 Å². The van der Waals surface area contributed by atoms with Gasteiger partial charge in [0.05, 0.1) is 16.9 Å². The van der Waals surface area contributed by atoms with Crippen LogP contribution in [0, 0.1) is 5.82 Å². The van der Waals surface area contributed by atoms with Gasteiger partial charge in [0.1, 0.15) is 5.82 Å². The standard InChI is InChI=1S/C13H9BrFNO2/c14-10-3-1-2-4-12(10)16-11-6-5-8(15)7-9(11)13(17)18/h1-7,16H,(H,17,18). The zero-order valence-electron chi connectivity index (χ0n) is 9.15. The number of halogens is 2. The fourth-order valence-electron chi connectivity index (χ4n) is 1.51. The second-order valence-electron chi connectivity index (χ2n) is 3.60. The van der Waals surface area contributed by atoms with Crippen molar-refractivity contribution in [3.8, 4) is 0 Å². The molecule has 2 rings (SSSR count). The molecule has 0 bridgehead atoms. The normalized spacial score (nSPS) is 10.1. The van der Waals surface area contributed by atoms with Gasteiger partial charge in [-0.3, -0.25) is 0 Å². The Labute approximate surface area is 111 Å². The van der Waals surface area contributed by atoms with Crippen molar-refractivity contribution < 1.29 is 14.3 Å². The van der Waals surface area contributed by atoms with Crippen LogP contribution < -0.4 is 5.32 Å². The maximum absolute atomic E-state index is 13.0. The fraction of sp³-hybridized carbons (Fsp3) is 0. The summed E-state index contributed by atoms with van der Waals surface area (Å²) in [7, 11) is 0. The highest BCUT2D eigenvalue weighted by Crippen LogP contribution is 2.27. The Morgan fingerprint density at radius 1 is 1.17 bits per heavy atom. The quantitative estimate of drug-likeness (QED) is 0.900. The molecule has 0 atom stereocenters. The lowest BCUT2D eigenvalue weighted by molar-refractivity contribution is 0.0697. The molecule has 0 spiro atoms. The van der Waals surface area contributed by atoms with Gasteiger partial charge in [0.25, 0.3) is 0 Å². The maximum atomic E-state index is 13.0. The SMILES string of the molecule is O=C(O)c1cc(F)ccc1Nc1ccccc1Br. The van der Waals surface area contributed by atoms with Crippen molar-refractivity contribution in [3.63, 3.8) is 0 Å². The first-order chi connectivity index (χ1) is 8.58. The molecule has 2 aromatic carbocycles. The highest BCUT2D eigenvalue weighted by atomic mass is 79.9. The van der Waals surface area contributed by atoms with E-state index < -0.39 is 11.8 Å². The molecular formula is C13H9BrFNO2. The molecule has 2 N–H and O–H groups in total. The molecule has 0 fully saturated rings. The van der Waals surface area contributed by atoms with Crippen LogP contribution in [0.2, 0.25) is 0 Å². The van der Waals surface area contributed by atoms with Crippen LogP contribution in [0.1, 0.15) is 10.4 Å². The van der Waals surface area contributed by atoms with Gasteiger partial charge in [0, 0.05) is 4.47 Å². The van der Waals surface area contributed by atoms with Gasteiger partial charge in [-0.2, -0.15) is 0 Å². The van der Waals surface area contributed by atoms with Gasteiger partial charge in [0.15, 0.2) is 0 Å². The summed E-state index contributed by atoms with van der Waals surface area (Å²) in [5.74, 6) is -1.76. The number of carbonyl (C=O) groups is 1. The van der Waals surface area contributed by atoms with E-state index in [-0.39, 0.29) is 5.56 Å². The van der Waals surface area contributed by atoms with Crippen molar-refractivity contribution in [1.29, 1.82) is 0 Å². The van der Waals surface area contributed by atoms with Crippen LogP contribution in [0.4, 0.5) is 15.8 Å². The van der Waals surface area contributed by atoms with Crippen molar-refractivity contribution in [3.05, 3.63) is 58.3 Å². The van der Waals surface area contributed by atoms with E-state index in [0.717, 1.165) is 10.5 Å². The zero-order chi connectivity index (χ0) is 13.1. The lowest BCUT2D eigenvalue weighted by Crippen LogP contribution is -2.03. The second kappa shape index (κ2) is 5.18. The van der Waals surface area contributed by atoms with Crippen molar-refractivity contribution in [2.45, 2.75) is 0 Å². The van der Waals surface area contributed by atoms with Gasteiger partial charge < -0.3 is 10.4 Å². The molecule has 5 heteroatoms. The average Bonchev–Trinajstić information content (AvgIpc) is 2.34. The van der Waals surface area contributed by atoms with Crippen LogP contribution >= 0.6 is 15.9 Å². The van der Waals surface area contributed by atoms with E-state index >= 15 is 0 Å². The molecule has 0 aliphatic carbocycles. The Morgan fingerprint density at radius 2 is 1.89 bits per heavy atom. The monoisotopic (exact) mass is 309 g/mol. The molecule has 0 aliphatic rings. The Bertz CT molecular complexity index is 601. The van der Waals surface area contributed by atoms with Crippen molar-refractivity contribution in [2.75, 3.05) is 5.32 Å². The second-order valence-corrected chi connectivity index (χ2v) is 4.45. The molecule has 3 nitrogen and oxygen atoms in total. The molecule has 0 heterocycles. The molecule has 0 saturated heterocycles. The number of anilines is 2. The van der Waals surface area contributed by atoms with Crippen molar-refractivity contribution in [2.24, 2.45) is 0 Å². The van der Waals surface area contributed by atoms with Crippen LogP contribution in [0.25, 0.3) is 0 Å². The molecule has 92 valence electrons. The summed E-state index contributed by atoms with van der Waals surface area (Å²) in [6, 6.07) is 10.9. The minimum atomic E-state index is -1.18. The number of rotatable bonds is 3. The molecule has 0 unspecified atom stereocenters. The van der Waals surface area contributed by atoms with E-state index in [1.807, 2.05) is 18.2 Å². The first-order valence-corrected chi connectivity index (χ1v) is 5.91. The van der Waals surface area contributed by atoms with E-state index in [4.69, 9.17) is 5.11 Å². The molecule has 0 aromatic heterocycles. The summed E-state index contributed by atoms with van der Waals surface area (Å²) in [6.07, 6.45) is 0. The lowest BCUT2D eigenvalue weighted by atomic mass is 10.1. The maximum Gasteiger partial charge on any atom is 0.337 e. The molecule has 2 aromatic rings. The Kier molecular flexibility index (Phi) is 3.62. The largest absolute Gasteiger partial charge is 0.478 e. The van der Waals surface area contributed by atoms with Crippen LogP contribution in [-0.4, -0.2) is 11.1 Å². The van der Waals surface area contributed by atoms with E-state index in [1.165, 1.54) is 12.1 Å². The predicted molar refractivity (Wildman–Crippen MR) is 70.8 cm³/mol. The van der Waals surface area contributed by atoms with Crippen LogP contribution in [0.15, 0.2) is 46.9 Å². The zero-order valence-corrected chi connectivity index (χ0v) is 10.7. The van der Waals surface area contributed by atoms with Crippen molar-refractivity contribution in [1.82, 2.24) is 0 Å². The van der Waals surface area contributed by atoms with E-state index in [1.54, 1.807) is 6.07 Å². The summed E-state index contributed by atoms with van der Waals surface area (Å²) in [5.41, 5.74) is 0.952. The highest BCUT2D eigenvalue weighted by Gasteiger charge is 2.12. The Morgan fingerprint density at radius 3 is 2.56 bits per heavy atom. The number of nitrogens with one attached hydrogen (secondary N) is 1. The molecule has 0 radical (unpaired) electrons. The van der Waals surface area contributed by atoms with Crippen molar-refractivity contribution >= 4 is 33.3 Å². The number of aromatic carboxylic acids is 1. The Hall–Kier alpha value is -1.88. The number of para-hydroxylation sites is 1. The first-order valence-electron chi connectivity index (χ1n) is 5.12. The van der Waals surface area contributed by atoms with Gasteiger partial charge in [-0.25, -0.2) is 9.18 Å². The number of carboxylic acid groups (broad SMARTS) is 1. The minimum Gasteiger partial charge on any atom is -0.478 e. The van der Waals surface area contributed by atoms with Gasteiger partial charge in [0.2, 0.25) is 0 Å². The van der Waals surface area contributed by atoms with Crippen LogP contribution in [0.5, 0.6) is 0 Å². The number of carboxylic acids is 1. The number of hydrogen-bond acceptors (Lipinski definition) is 2. The fourth-order valence-corrected chi connectivity index (χ4v) is 1.89. The molecule has 0 saturated carbocycles. The lowest BCUT2D eigenvalue weighted by Gasteiger charge is -2.11.